The van der Waals surface area contributed by atoms with Crippen LogP contribution in [0, 0.1) is 9.39 Å². The van der Waals surface area contributed by atoms with Gasteiger partial charge in [0.1, 0.15) is 5.82 Å². The normalized spacial score (nSPS) is 10.8. The van der Waals surface area contributed by atoms with Gasteiger partial charge in [0.05, 0.1) is 12.7 Å². The van der Waals surface area contributed by atoms with Crippen LogP contribution in [0.15, 0.2) is 54.9 Å². The molecule has 0 saturated carbocycles. The lowest BCUT2D eigenvalue weighted by molar-refractivity contribution is 0.585. The minimum Gasteiger partial charge on any atom is -0.268 e. The Morgan fingerprint density at radius 2 is 2.00 bits per heavy atom. The second-order valence-electron chi connectivity index (χ2n) is 4.64. The van der Waals surface area contributed by atoms with Gasteiger partial charge in [0.25, 0.3) is 0 Å². The second-order valence-corrected chi connectivity index (χ2v) is 6.24. The maximum absolute atomic E-state index is 13.7. The number of nitrogens with zero attached hydrogens (tertiary/aromatic N) is 2. The van der Waals surface area contributed by atoms with Crippen molar-refractivity contribution >= 4 is 34.2 Å². The number of hydrogen-bond donors (Lipinski definition) is 0. The van der Waals surface area contributed by atoms with Crippen molar-refractivity contribution in [2.45, 2.75) is 6.54 Å². The highest BCUT2D eigenvalue weighted by atomic mass is 127. The topological polar surface area (TPSA) is 17.8 Å². The Morgan fingerprint density at radius 3 is 2.81 bits per heavy atom. The highest BCUT2D eigenvalue weighted by molar-refractivity contribution is 14.1. The number of hydrogen-bond acceptors (Lipinski definition) is 1. The average molecular weight is 413 g/mol. The van der Waals surface area contributed by atoms with Crippen molar-refractivity contribution in [2.75, 3.05) is 0 Å². The lowest BCUT2D eigenvalue weighted by Crippen LogP contribution is -2.02. The van der Waals surface area contributed by atoms with Gasteiger partial charge >= 0.3 is 0 Å². The molecule has 1 aromatic heterocycles. The van der Waals surface area contributed by atoms with Crippen LogP contribution < -0.4 is 0 Å². The molecule has 0 N–H and O–H groups in total. The summed E-state index contributed by atoms with van der Waals surface area (Å²) in [4.78, 5) is 0. The number of halogens is 3. The Hall–Kier alpha value is -1.40. The van der Waals surface area contributed by atoms with Gasteiger partial charge in [0, 0.05) is 25.9 Å². The Bertz CT molecular complexity index is 785. The van der Waals surface area contributed by atoms with Crippen molar-refractivity contribution in [3.05, 3.63) is 74.8 Å². The van der Waals surface area contributed by atoms with E-state index >= 15 is 0 Å². The summed E-state index contributed by atoms with van der Waals surface area (Å²) < 4.78 is 16.6. The Kier molecular flexibility index (Phi) is 4.26. The minimum absolute atomic E-state index is 0.272. The molecule has 0 spiro atoms. The molecule has 0 fully saturated rings. The molecule has 0 bridgehead atoms. The van der Waals surface area contributed by atoms with Crippen LogP contribution in [-0.4, -0.2) is 9.78 Å². The predicted molar refractivity (Wildman–Crippen MR) is 90.9 cm³/mol. The first-order valence-electron chi connectivity index (χ1n) is 6.35. The largest absolute Gasteiger partial charge is 0.268 e. The summed E-state index contributed by atoms with van der Waals surface area (Å²) in [6.45, 7) is 0.357. The van der Waals surface area contributed by atoms with Crippen LogP contribution in [0.1, 0.15) is 5.56 Å². The van der Waals surface area contributed by atoms with Crippen molar-refractivity contribution < 1.29 is 4.39 Å². The first-order valence-corrected chi connectivity index (χ1v) is 7.80. The molecular weight excluding hydrogens is 402 g/mol. The van der Waals surface area contributed by atoms with E-state index in [1.54, 1.807) is 23.0 Å². The molecule has 1 heterocycles. The third-order valence-electron chi connectivity index (χ3n) is 3.16. The van der Waals surface area contributed by atoms with Gasteiger partial charge in [-0.05, 0) is 52.4 Å². The smallest absolute Gasteiger partial charge is 0.128 e. The van der Waals surface area contributed by atoms with Crippen LogP contribution >= 0.6 is 34.2 Å². The minimum atomic E-state index is -0.272. The molecule has 0 aliphatic heterocycles. The monoisotopic (exact) mass is 412 g/mol. The molecule has 3 aromatic rings. The summed E-state index contributed by atoms with van der Waals surface area (Å²) in [6, 6.07) is 12.6. The molecule has 2 nitrogen and oxygen atoms in total. The zero-order valence-corrected chi connectivity index (χ0v) is 13.8. The fourth-order valence-corrected chi connectivity index (χ4v) is 3.02. The number of rotatable bonds is 3. The molecular formula is C16H11ClFIN2. The molecule has 0 amide bonds. The van der Waals surface area contributed by atoms with Gasteiger partial charge < -0.3 is 0 Å². The Morgan fingerprint density at radius 1 is 1.19 bits per heavy atom. The van der Waals surface area contributed by atoms with Crippen LogP contribution in [-0.2, 0) is 6.54 Å². The molecule has 0 aliphatic carbocycles. The van der Waals surface area contributed by atoms with E-state index in [0.29, 0.717) is 17.1 Å². The highest BCUT2D eigenvalue weighted by Crippen LogP contribution is 2.25. The van der Waals surface area contributed by atoms with Crippen molar-refractivity contribution in [3.63, 3.8) is 0 Å². The number of benzene rings is 2. The van der Waals surface area contributed by atoms with Gasteiger partial charge in [0.2, 0.25) is 0 Å². The maximum atomic E-state index is 13.7. The molecule has 5 heteroatoms. The summed E-state index contributed by atoms with van der Waals surface area (Å²) in [5, 5.41) is 4.83. The van der Waals surface area contributed by atoms with Gasteiger partial charge in [-0.1, -0.05) is 29.8 Å². The van der Waals surface area contributed by atoms with Crippen molar-refractivity contribution in [1.82, 2.24) is 9.78 Å². The molecule has 0 aliphatic rings. The maximum Gasteiger partial charge on any atom is 0.128 e. The van der Waals surface area contributed by atoms with Gasteiger partial charge in [0.15, 0.2) is 0 Å². The summed E-state index contributed by atoms with van der Waals surface area (Å²) >= 11 is 8.20. The van der Waals surface area contributed by atoms with Crippen molar-refractivity contribution in [1.29, 1.82) is 0 Å². The lowest BCUT2D eigenvalue weighted by atomic mass is 10.1. The van der Waals surface area contributed by atoms with Gasteiger partial charge in [-0.25, -0.2) is 4.39 Å². The van der Waals surface area contributed by atoms with E-state index in [2.05, 4.69) is 27.7 Å². The standard InChI is InChI=1S/C16H11ClFIN2/c17-13-5-6-15(18)11(7-13)9-21-10-12(8-20-21)14-3-1-2-4-16(14)19/h1-8,10H,9H2. The van der Waals surface area contributed by atoms with E-state index in [4.69, 9.17) is 11.6 Å². The molecule has 0 unspecified atom stereocenters. The van der Waals surface area contributed by atoms with Crippen LogP contribution in [0.4, 0.5) is 4.39 Å². The SMILES string of the molecule is Fc1ccc(Cl)cc1Cn1cc(-c2ccccc2I)cn1. The van der Waals surface area contributed by atoms with E-state index in [9.17, 15) is 4.39 Å². The fourth-order valence-electron chi connectivity index (χ4n) is 2.12. The van der Waals surface area contributed by atoms with Crippen LogP contribution in [0.25, 0.3) is 11.1 Å². The van der Waals surface area contributed by atoms with Crippen molar-refractivity contribution in [2.24, 2.45) is 0 Å². The Labute approximate surface area is 140 Å². The summed E-state index contributed by atoms with van der Waals surface area (Å²) in [6.07, 6.45) is 3.71. The van der Waals surface area contributed by atoms with Crippen LogP contribution in [0.5, 0.6) is 0 Å². The zero-order valence-electron chi connectivity index (χ0n) is 10.9. The third kappa shape index (κ3) is 3.27. The predicted octanol–water partition coefficient (Wildman–Crippen LogP) is 5.00. The fraction of sp³-hybridized carbons (Fsp3) is 0.0625. The van der Waals surface area contributed by atoms with Gasteiger partial charge in [-0.3, -0.25) is 4.68 Å². The van der Waals surface area contributed by atoms with E-state index in [-0.39, 0.29) is 5.82 Å². The van der Waals surface area contributed by atoms with Gasteiger partial charge in [-0.15, -0.1) is 0 Å². The quantitative estimate of drug-likeness (QED) is 0.554. The van der Waals surface area contributed by atoms with E-state index in [1.165, 1.54) is 6.07 Å². The Balaban J connectivity index is 1.89. The first-order chi connectivity index (χ1) is 10.1. The third-order valence-corrected chi connectivity index (χ3v) is 4.33. The summed E-state index contributed by atoms with van der Waals surface area (Å²) in [5.74, 6) is -0.272. The highest BCUT2D eigenvalue weighted by Gasteiger charge is 2.08. The summed E-state index contributed by atoms with van der Waals surface area (Å²) in [7, 11) is 0. The van der Waals surface area contributed by atoms with E-state index in [0.717, 1.165) is 14.7 Å². The molecule has 21 heavy (non-hydrogen) atoms. The van der Waals surface area contributed by atoms with E-state index in [1.807, 2.05) is 30.5 Å². The second kappa shape index (κ2) is 6.15. The molecule has 3 rings (SSSR count). The van der Waals surface area contributed by atoms with Gasteiger partial charge in [-0.2, -0.15) is 5.10 Å². The van der Waals surface area contributed by atoms with Crippen molar-refractivity contribution in [3.8, 4) is 11.1 Å². The summed E-state index contributed by atoms with van der Waals surface area (Å²) in [5.41, 5.74) is 2.67. The molecule has 2 aromatic carbocycles. The average Bonchev–Trinajstić information content (AvgIpc) is 2.92. The first kappa shape index (κ1) is 14.5. The molecule has 0 radical (unpaired) electrons. The molecule has 0 saturated heterocycles. The van der Waals surface area contributed by atoms with Crippen LogP contribution in [0.3, 0.4) is 0 Å². The molecule has 0 atom stereocenters. The van der Waals surface area contributed by atoms with Crippen LogP contribution in [0.2, 0.25) is 5.02 Å². The lowest BCUT2D eigenvalue weighted by Gasteiger charge is -2.04. The number of aromatic nitrogens is 2. The zero-order chi connectivity index (χ0) is 14.8. The van der Waals surface area contributed by atoms with E-state index < -0.39 is 0 Å². The molecule has 106 valence electrons.